The van der Waals surface area contributed by atoms with Gasteiger partial charge < -0.3 is 4.90 Å². The second kappa shape index (κ2) is 4.73. The molecule has 3 rings (SSSR count). The molecular formula is C17H16NO+. The summed E-state index contributed by atoms with van der Waals surface area (Å²) in [6.07, 6.45) is 0. The van der Waals surface area contributed by atoms with Crippen LogP contribution in [0.5, 0.6) is 0 Å². The van der Waals surface area contributed by atoms with E-state index in [2.05, 4.69) is 29.2 Å². The maximum absolute atomic E-state index is 6.10. The van der Waals surface area contributed by atoms with E-state index in [1.54, 1.807) is 0 Å². The third-order valence-electron chi connectivity index (χ3n) is 3.17. The lowest BCUT2D eigenvalue weighted by molar-refractivity contribution is 0.619. The summed E-state index contributed by atoms with van der Waals surface area (Å²) in [6, 6.07) is 20.5. The lowest BCUT2D eigenvalue weighted by atomic mass is 10.1. The van der Waals surface area contributed by atoms with Crippen molar-refractivity contribution < 1.29 is 4.42 Å². The third kappa shape index (κ3) is 2.17. The Hall–Kier alpha value is -2.35. The number of hydrogen-bond donors (Lipinski definition) is 0. The van der Waals surface area contributed by atoms with Crippen LogP contribution in [0.15, 0.2) is 65.1 Å². The molecule has 0 unspecified atom stereocenters. The first-order valence-electron chi connectivity index (χ1n) is 6.34. The number of nitrogens with zero attached hydrogens (tertiary/aromatic N) is 1. The molecule has 3 aromatic rings. The lowest BCUT2D eigenvalue weighted by Crippen LogP contribution is -2.10. The molecule has 0 bridgehead atoms. The van der Waals surface area contributed by atoms with Crippen molar-refractivity contribution in [1.82, 2.24) is 0 Å². The van der Waals surface area contributed by atoms with Crippen LogP contribution in [0.2, 0.25) is 0 Å². The molecule has 2 heteroatoms. The van der Waals surface area contributed by atoms with Gasteiger partial charge in [-0.2, -0.15) is 0 Å². The summed E-state index contributed by atoms with van der Waals surface area (Å²) in [5.74, 6) is 0.907. The molecule has 1 heterocycles. The van der Waals surface area contributed by atoms with Crippen molar-refractivity contribution in [3.63, 3.8) is 0 Å². The van der Waals surface area contributed by atoms with Crippen LogP contribution in [0.4, 0.5) is 5.69 Å². The van der Waals surface area contributed by atoms with Crippen molar-refractivity contribution in [3.8, 4) is 11.3 Å². The van der Waals surface area contributed by atoms with E-state index in [0.717, 1.165) is 28.0 Å². The predicted molar refractivity (Wildman–Crippen MR) is 80.4 cm³/mol. The smallest absolute Gasteiger partial charge is 0.370 e. The zero-order valence-corrected chi connectivity index (χ0v) is 11.1. The number of rotatable bonds is 2. The van der Waals surface area contributed by atoms with Gasteiger partial charge in [-0.1, -0.05) is 30.3 Å². The van der Waals surface area contributed by atoms with E-state index in [1.807, 2.05) is 50.5 Å². The minimum atomic E-state index is 0.907. The van der Waals surface area contributed by atoms with Gasteiger partial charge in [-0.25, -0.2) is 4.42 Å². The first-order valence-corrected chi connectivity index (χ1v) is 6.34. The van der Waals surface area contributed by atoms with Crippen LogP contribution >= 0.6 is 0 Å². The minimum absolute atomic E-state index is 0.907. The summed E-state index contributed by atoms with van der Waals surface area (Å²) in [5.41, 5.74) is 3.09. The van der Waals surface area contributed by atoms with Gasteiger partial charge in [-0.3, -0.25) is 0 Å². The lowest BCUT2D eigenvalue weighted by Gasteiger charge is -2.11. The molecule has 0 aliphatic heterocycles. The monoisotopic (exact) mass is 250 g/mol. The summed E-state index contributed by atoms with van der Waals surface area (Å²) in [6.45, 7) is 0. The van der Waals surface area contributed by atoms with E-state index in [1.165, 1.54) is 0 Å². The van der Waals surface area contributed by atoms with Crippen molar-refractivity contribution in [2.75, 3.05) is 19.0 Å². The van der Waals surface area contributed by atoms with Crippen molar-refractivity contribution >= 4 is 16.7 Å². The van der Waals surface area contributed by atoms with Crippen LogP contribution in [0, 0.1) is 0 Å². The maximum Gasteiger partial charge on any atom is 0.383 e. The van der Waals surface area contributed by atoms with Crippen molar-refractivity contribution in [3.05, 3.63) is 60.7 Å². The molecule has 0 atom stereocenters. The molecule has 2 aromatic carbocycles. The zero-order chi connectivity index (χ0) is 13.2. The fourth-order valence-corrected chi connectivity index (χ4v) is 2.20. The van der Waals surface area contributed by atoms with Crippen LogP contribution in [0.3, 0.4) is 0 Å². The molecular weight excluding hydrogens is 234 g/mol. The molecule has 0 amide bonds. The molecule has 0 aliphatic carbocycles. The normalized spacial score (nSPS) is 10.6. The molecule has 0 aliphatic rings. The Morgan fingerprint density at radius 2 is 1.53 bits per heavy atom. The highest BCUT2D eigenvalue weighted by Crippen LogP contribution is 2.33. The molecule has 0 spiro atoms. The van der Waals surface area contributed by atoms with E-state index in [-0.39, 0.29) is 0 Å². The molecule has 19 heavy (non-hydrogen) atoms. The molecule has 94 valence electrons. The predicted octanol–water partition coefficient (Wildman–Crippen LogP) is 4.45. The van der Waals surface area contributed by atoms with Gasteiger partial charge in [0.2, 0.25) is 0 Å². The van der Waals surface area contributed by atoms with Gasteiger partial charge in [0.15, 0.2) is 0 Å². The van der Waals surface area contributed by atoms with Crippen LogP contribution in [0.1, 0.15) is 0 Å². The number of para-hydroxylation sites is 1. The number of anilines is 1. The second-order valence-corrected chi connectivity index (χ2v) is 4.76. The number of hydrogen-bond acceptors (Lipinski definition) is 1. The highest BCUT2D eigenvalue weighted by Gasteiger charge is 2.22. The average molecular weight is 250 g/mol. The highest BCUT2D eigenvalue weighted by atomic mass is 16.3. The van der Waals surface area contributed by atoms with Crippen molar-refractivity contribution in [2.45, 2.75) is 0 Å². The van der Waals surface area contributed by atoms with Gasteiger partial charge in [0.25, 0.3) is 0 Å². The summed E-state index contributed by atoms with van der Waals surface area (Å²) in [5, 5.41) is 1.12. The first kappa shape index (κ1) is 11.7. The van der Waals surface area contributed by atoms with E-state index < -0.39 is 0 Å². The number of fused-ring (bicyclic) bond motifs is 1. The molecule has 2 nitrogen and oxygen atoms in total. The van der Waals surface area contributed by atoms with Gasteiger partial charge in [0.1, 0.15) is 5.69 Å². The van der Waals surface area contributed by atoms with E-state index in [9.17, 15) is 0 Å². The molecule has 0 fully saturated rings. The van der Waals surface area contributed by atoms with Gasteiger partial charge in [-0.05, 0) is 24.3 Å². The maximum atomic E-state index is 6.10. The van der Waals surface area contributed by atoms with E-state index >= 15 is 0 Å². The second-order valence-electron chi connectivity index (χ2n) is 4.76. The minimum Gasteiger partial charge on any atom is -0.370 e. The van der Waals surface area contributed by atoms with Crippen molar-refractivity contribution in [2.24, 2.45) is 0 Å². The van der Waals surface area contributed by atoms with Crippen LogP contribution in [-0.4, -0.2) is 14.1 Å². The SMILES string of the molecule is CN(C)c1cc2ccccc2[o+]c1-c1ccccc1. The zero-order valence-electron chi connectivity index (χ0n) is 11.1. The first-order chi connectivity index (χ1) is 9.25. The van der Waals surface area contributed by atoms with Gasteiger partial charge in [-0.15, -0.1) is 0 Å². The Labute approximate surface area is 112 Å². The van der Waals surface area contributed by atoms with Crippen LogP contribution in [0.25, 0.3) is 22.3 Å². The van der Waals surface area contributed by atoms with Gasteiger partial charge in [0.05, 0.1) is 10.9 Å². The Kier molecular flexibility index (Phi) is 2.92. The molecule has 0 saturated carbocycles. The van der Waals surface area contributed by atoms with Crippen LogP contribution in [-0.2, 0) is 0 Å². The quantitative estimate of drug-likeness (QED) is 0.624. The molecule has 0 saturated heterocycles. The molecule has 1 aromatic heterocycles. The third-order valence-corrected chi connectivity index (χ3v) is 3.17. The molecule has 0 radical (unpaired) electrons. The molecule has 0 N–H and O–H groups in total. The highest BCUT2D eigenvalue weighted by molar-refractivity contribution is 5.86. The van der Waals surface area contributed by atoms with Gasteiger partial charge >= 0.3 is 11.3 Å². The van der Waals surface area contributed by atoms with E-state index in [0.29, 0.717) is 0 Å². The Balaban J connectivity index is 2.30. The summed E-state index contributed by atoms with van der Waals surface area (Å²) >= 11 is 0. The fourth-order valence-electron chi connectivity index (χ4n) is 2.20. The average Bonchev–Trinajstić information content (AvgIpc) is 2.46. The van der Waals surface area contributed by atoms with E-state index in [4.69, 9.17) is 4.42 Å². The summed E-state index contributed by atoms with van der Waals surface area (Å²) < 4.78 is 6.10. The topological polar surface area (TPSA) is 14.5 Å². The standard InChI is InChI=1S/C17H16NO/c1-18(2)15-12-14-10-6-7-11-16(14)19-17(15)13-8-4-3-5-9-13/h3-12H,1-2H3/q+1. The Morgan fingerprint density at radius 3 is 2.26 bits per heavy atom. The number of benzene rings is 2. The Morgan fingerprint density at radius 1 is 0.842 bits per heavy atom. The van der Waals surface area contributed by atoms with Gasteiger partial charge in [0, 0.05) is 20.2 Å². The van der Waals surface area contributed by atoms with Crippen molar-refractivity contribution in [1.29, 1.82) is 0 Å². The largest absolute Gasteiger partial charge is 0.383 e. The summed E-state index contributed by atoms with van der Waals surface area (Å²) in [4.78, 5) is 2.08. The summed E-state index contributed by atoms with van der Waals surface area (Å²) in [7, 11) is 4.07. The Bertz CT molecular complexity index is 705. The fraction of sp³-hybridized carbons (Fsp3) is 0.118. The van der Waals surface area contributed by atoms with Crippen LogP contribution < -0.4 is 4.90 Å².